The van der Waals surface area contributed by atoms with Crippen LogP contribution in [0.1, 0.15) is 11.1 Å². The minimum Gasteiger partial charge on any atom is -0.482 e. The van der Waals surface area contributed by atoms with E-state index < -0.39 is 5.97 Å². The second-order valence-corrected chi connectivity index (χ2v) is 5.02. The molecule has 0 amide bonds. The Bertz CT molecular complexity index is 708. The molecule has 0 fully saturated rings. The van der Waals surface area contributed by atoms with Gasteiger partial charge in [0.05, 0.1) is 0 Å². The predicted octanol–water partition coefficient (Wildman–Crippen LogP) is 3.02. The van der Waals surface area contributed by atoms with Crippen LogP contribution in [0.2, 0.25) is 0 Å². The van der Waals surface area contributed by atoms with Crippen LogP contribution >= 0.6 is 0 Å². The smallest absolute Gasteiger partial charge is 0.349 e. The summed E-state index contributed by atoms with van der Waals surface area (Å²) >= 11 is 0. The lowest BCUT2D eigenvalue weighted by Crippen LogP contribution is -2.17. The van der Waals surface area contributed by atoms with E-state index in [0.717, 1.165) is 5.56 Å². The summed E-state index contributed by atoms with van der Waals surface area (Å²) in [5, 5.41) is 0. The molecule has 0 unspecified atom stereocenters. The first-order chi connectivity index (χ1) is 10.6. The van der Waals surface area contributed by atoms with Crippen molar-refractivity contribution in [3.8, 4) is 23.0 Å². The van der Waals surface area contributed by atoms with Gasteiger partial charge in [-0.05, 0) is 49.2 Å². The van der Waals surface area contributed by atoms with Gasteiger partial charge in [-0.25, -0.2) is 4.79 Å². The summed E-state index contributed by atoms with van der Waals surface area (Å²) in [6, 6.07) is 10.7. The highest BCUT2D eigenvalue weighted by molar-refractivity contribution is 5.74. The maximum Gasteiger partial charge on any atom is 0.349 e. The molecule has 2 aromatic rings. The van der Waals surface area contributed by atoms with Crippen molar-refractivity contribution in [2.75, 3.05) is 13.4 Å². The Labute approximate surface area is 128 Å². The quantitative estimate of drug-likeness (QED) is 0.642. The molecule has 0 aromatic heterocycles. The van der Waals surface area contributed by atoms with Gasteiger partial charge >= 0.3 is 5.97 Å². The van der Waals surface area contributed by atoms with Crippen molar-refractivity contribution < 1.29 is 23.7 Å². The number of hydrogen-bond donors (Lipinski definition) is 0. The van der Waals surface area contributed by atoms with Crippen LogP contribution in [0.15, 0.2) is 36.4 Å². The van der Waals surface area contributed by atoms with Crippen LogP contribution in [0.5, 0.6) is 23.0 Å². The van der Waals surface area contributed by atoms with Gasteiger partial charge in [0.15, 0.2) is 18.1 Å². The maximum atomic E-state index is 11.8. The fraction of sp³-hybridized carbons (Fsp3) is 0.235. The van der Waals surface area contributed by atoms with Crippen LogP contribution in [0, 0.1) is 13.8 Å². The second-order valence-electron chi connectivity index (χ2n) is 5.02. The van der Waals surface area contributed by atoms with Crippen LogP contribution in [0.25, 0.3) is 0 Å². The summed E-state index contributed by atoms with van der Waals surface area (Å²) in [4.78, 5) is 11.8. The molecule has 5 nitrogen and oxygen atoms in total. The van der Waals surface area contributed by atoms with Crippen molar-refractivity contribution >= 4 is 5.97 Å². The molecule has 2 aromatic carbocycles. The van der Waals surface area contributed by atoms with E-state index in [2.05, 4.69) is 0 Å². The zero-order valence-electron chi connectivity index (χ0n) is 12.4. The molecule has 1 aliphatic rings. The second kappa shape index (κ2) is 5.97. The van der Waals surface area contributed by atoms with Gasteiger partial charge in [-0.15, -0.1) is 0 Å². The number of rotatable bonds is 4. The molecule has 0 atom stereocenters. The zero-order chi connectivity index (χ0) is 15.5. The lowest BCUT2D eigenvalue weighted by Gasteiger charge is -2.08. The molecular weight excluding hydrogens is 284 g/mol. The molecule has 0 aliphatic carbocycles. The first-order valence-corrected chi connectivity index (χ1v) is 6.92. The van der Waals surface area contributed by atoms with Gasteiger partial charge in [-0.2, -0.15) is 0 Å². The number of fused-ring (bicyclic) bond motifs is 1. The summed E-state index contributed by atoms with van der Waals surface area (Å²) in [5.41, 5.74) is 2.29. The van der Waals surface area contributed by atoms with Crippen LogP contribution in [-0.4, -0.2) is 19.4 Å². The minimum atomic E-state index is -0.475. The van der Waals surface area contributed by atoms with E-state index in [1.807, 2.05) is 32.0 Å². The molecule has 0 saturated heterocycles. The topological polar surface area (TPSA) is 54.0 Å². The Morgan fingerprint density at radius 1 is 1.00 bits per heavy atom. The van der Waals surface area contributed by atoms with E-state index in [0.29, 0.717) is 23.0 Å². The van der Waals surface area contributed by atoms with E-state index in [9.17, 15) is 4.79 Å². The number of carbonyl (C=O) groups excluding carboxylic acids is 1. The van der Waals surface area contributed by atoms with E-state index in [1.54, 1.807) is 18.2 Å². The fourth-order valence-electron chi connectivity index (χ4n) is 2.05. The van der Waals surface area contributed by atoms with Gasteiger partial charge in [0.2, 0.25) is 6.79 Å². The Morgan fingerprint density at radius 3 is 2.59 bits per heavy atom. The molecule has 22 heavy (non-hydrogen) atoms. The molecule has 0 spiro atoms. The average molecular weight is 300 g/mol. The molecule has 0 radical (unpaired) electrons. The summed E-state index contributed by atoms with van der Waals surface area (Å²) in [6.07, 6.45) is 0. The van der Waals surface area contributed by atoms with E-state index >= 15 is 0 Å². The zero-order valence-corrected chi connectivity index (χ0v) is 12.4. The first-order valence-electron chi connectivity index (χ1n) is 6.92. The highest BCUT2D eigenvalue weighted by Gasteiger charge is 2.15. The summed E-state index contributed by atoms with van der Waals surface area (Å²) < 4.78 is 21.1. The van der Waals surface area contributed by atoms with Gasteiger partial charge in [0.25, 0.3) is 0 Å². The Morgan fingerprint density at radius 2 is 1.77 bits per heavy atom. The molecule has 0 N–H and O–H groups in total. The lowest BCUT2D eigenvalue weighted by atomic mass is 10.1. The third kappa shape index (κ3) is 3.14. The van der Waals surface area contributed by atoms with Crippen molar-refractivity contribution in [1.29, 1.82) is 0 Å². The predicted molar refractivity (Wildman–Crippen MR) is 79.6 cm³/mol. The summed E-state index contributed by atoms with van der Waals surface area (Å²) in [7, 11) is 0. The third-order valence-electron chi connectivity index (χ3n) is 3.41. The molecule has 0 bridgehead atoms. The molecule has 3 rings (SSSR count). The number of benzene rings is 2. The molecule has 1 aliphatic heterocycles. The monoisotopic (exact) mass is 300 g/mol. The van der Waals surface area contributed by atoms with Crippen LogP contribution in [0.4, 0.5) is 0 Å². The van der Waals surface area contributed by atoms with E-state index in [1.165, 1.54) is 5.56 Å². The first kappa shape index (κ1) is 14.3. The molecule has 1 heterocycles. The third-order valence-corrected chi connectivity index (χ3v) is 3.41. The lowest BCUT2D eigenvalue weighted by molar-refractivity contribution is -0.136. The largest absolute Gasteiger partial charge is 0.482 e. The molecule has 5 heteroatoms. The Balaban J connectivity index is 1.57. The average Bonchev–Trinajstić information content (AvgIpc) is 2.96. The van der Waals surface area contributed by atoms with Crippen LogP contribution in [0.3, 0.4) is 0 Å². The minimum absolute atomic E-state index is 0.156. The van der Waals surface area contributed by atoms with Crippen molar-refractivity contribution in [2.24, 2.45) is 0 Å². The fourth-order valence-corrected chi connectivity index (χ4v) is 2.05. The Hall–Kier alpha value is -2.69. The Kier molecular flexibility index (Phi) is 3.87. The van der Waals surface area contributed by atoms with Gasteiger partial charge in [0, 0.05) is 6.07 Å². The van der Waals surface area contributed by atoms with Crippen LogP contribution < -0.4 is 18.9 Å². The SMILES string of the molecule is Cc1ccc(OCC(=O)Oc2ccc3c(c2)OCO3)cc1C. The number of hydrogen-bond acceptors (Lipinski definition) is 5. The van der Waals surface area contributed by atoms with Gasteiger partial charge in [0.1, 0.15) is 11.5 Å². The normalized spacial score (nSPS) is 12.1. The molecular formula is C17H16O5. The number of esters is 1. The van der Waals surface area contributed by atoms with Gasteiger partial charge < -0.3 is 18.9 Å². The number of aryl methyl sites for hydroxylation is 2. The number of ether oxygens (including phenoxy) is 4. The van der Waals surface area contributed by atoms with Crippen molar-refractivity contribution in [2.45, 2.75) is 13.8 Å². The molecule has 114 valence electrons. The van der Waals surface area contributed by atoms with Crippen LogP contribution in [-0.2, 0) is 4.79 Å². The highest BCUT2D eigenvalue weighted by atomic mass is 16.7. The number of carbonyl (C=O) groups is 1. The van der Waals surface area contributed by atoms with Crippen molar-refractivity contribution in [3.63, 3.8) is 0 Å². The summed E-state index contributed by atoms with van der Waals surface area (Å²) in [6.45, 7) is 4.04. The van der Waals surface area contributed by atoms with E-state index in [-0.39, 0.29) is 13.4 Å². The van der Waals surface area contributed by atoms with Crippen molar-refractivity contribution in [1.82, 2.24) is 0 Å². The van der Waals surface area contributed by atoms with E-state index in [4.69, 9.17) is 18.9 Å². The summed E-state index contributed by atoms with van der Waals surface area (Å²) in [5.74, 6) is 1.78. The van der Waals surface area contributed by atoms with Crippen molar-refractivity contribution in [3.05, 3.63) is 47.5 Å². The van der Waals surface area contributed by atoms with Gasteiger partial charge in [-0.3, -0.25) is 0 Å². The molecule has 0 saturated carbocycles. The standard InChI is InChI=1S/C17H16O5/c1-11-3-4-13(7-12(11)2)19-9-17(18)22-14-5-6-15-16(8-14)21-10-20-15/h3-8H,9-10H2,1-2H3. The maximum absolute atomic E-state index is 11.8. The van der Waals surface area contributed by atoms with Gasteiger partial charge in [-0.1, -0.05) is 6.07 Å². The highest BCUT2D eigenvalue weighted by Crippen LogP contribution is 2.35.